The molecule has 2 aliphatic rings. The average Bonchev–Trinajstić information content (AvgIpc) is 2.88. The van der Waals surface area contributed by atoms with Gasteiger partial charge >= 0.3 is 0 Å². The van der Waals surface area contributed by atoms with Crippen LogP contribution in [0.2, 0.25) is 0 Å². The lowest BCUT2D eigenvalue weighted by molar-refractivity contribution is 0.172. The van der Waals surface area contributed by atoms with Crippen LogP contribution in [-0.4, -0.2) is 24.5 Å². The van der Waals surface area contributed by atoms with E-state index in [1.807, 2.05) is 19.9 Å². The minimum Gasteiger partial charge on any atom is -0.462 e. The van der Waals surface area contributed by atoms with Crippen molar-refractivity contribution in [1.82, 2.24) is 4.90 Å². The zero-order chi connectivity index (χ0) is 25.6. The van der Waals surface area contributed by atoms with E-state index in [0.717, 1.165) is 44.0 Å². The Kier molecular flexibility index (Phi) is 12.4. The van der Waals surface area contributed by atoms with Crippen molar-refractivity contribution in [3.63, 3.8) is 0 Å². The van der Waals surface area contributed by atoms with Crippen molar-refractivity contribution in [2.45, 2.75) is 67.2 Å². The van der Waals surface area contributed by atoms with Gasteiger partial charge in [-0.25, -0.2) is 0 Å². The van der Waals surface area contributed by atoms with Crippen molar-refractivity contribution in [3.8, 4) is 5.75 Å². The monoisotopic (exact) mass is 471 g/mol. The fourth-order valence-corrected chi connectivity index (χ4v) is 4.87. The molecule has 0 amide bonds. The quantitative estimate of drug-likeness (QED) is 0.192. The van der Waals surface area contributed by atoms with E-state index < -0.39 is 0 Å². The van der Waals surface area contributed by atoms with Crippen LogP contribution >= 0.6 is 0 Å². The highest BCUT2D eigenvalue weighted by atomic mass is 16.5. The van der Waals surface area contributed by atoms with E-state index in [2.05, 4.69) is 99.2 Å². The first-order chi connectivity index (χ1) is 17.0. The predicted octanol–water partition coefficient (Wildman–Crippen LogP) is 8.66. The van der Waals surface area contributed by atoms with Gasteiger partial charge in [0, 0.05) is 12.3 Å². The number of piperidine rings is 1. The summed E-state index contributed by atoms with van der Waals surface area (Å²) in [5, 5.41) is 0. The molecule has 1 aromatic rings. The molecule has 1 unspecified atom stereocenters. The summed E-state index contributed by atoms with van der Waals surface area (Å²) in [4.78, 5) is 2.62. The predicted molar refractivity (Wildman–Crippen MR) is 152 cm³/mol. The van der Waals surface area contributed by atoms with Gasteiger partial charge in [-0.15, -0.1) is 0 Å². The normalized spacial score (nSPS) is 17.2. The van der Waals surface area contributed by atoms with Crippen molar-refractivity contribution in [2.75, 3.05) is 19.6 Å². The molecule has 2 nitrogen and oxygen atoms in total. The highest BCUT2D eigenvalue weighted by Gasteiger charge is 2.23. The summed E-state index contributed by atoms with van der Waals surface area (Å²) < 4.78 is 6.09. The third-order valence-corrected chi connectivity index (χ3v) is 6.72. The molecule has 1 aliphatic heterocycles. The van der Waals surface area contributed by atoms with Gasteiger partial charge in [0.25, 0.3) is 0 Å². The second-order valence-electron chi connectivity index (χ2n) is 9.30. The Morgan fingerprint density at radius 3 is 2.51 bits per heavy atom. The Balaban J connectivity index is 0.00000210. The number of aryl methyl sites for hydroxylation is 2. The van der Waals surface area contributed by atoms with Crippen molar-refractivity contribution in [2.24, 2.45) is 11.8 Å². The van der Waals surface area contributed by atoms with Crippen LogP contribution in [0, 0.1) is 25.7 Å². The molecule has 1 fully saturated rings. The van der Waals surface area contributed by atoms with E-state index in [1.54, 1.807) is 0 Å². The Labute approximate surface area is 214 Å². The van der Waals surface area contributed by atoms with E-state index >= 15 is 0 Å². The van der Waals surface area contributed by atoms with Crippen molar-refractivity contribution in [1.29, 1.82) is 0 Å². The number of nitrogens with zero attached hydrogens (tertiary/aromatic N) is 1. The second-order valence-corrected chi connectivity index (χ2v) is 9.30. The smallest absolute Gasteiger partial charge is 0.129 e. The zero-order valence-corrected chi connectivity index (χ0v) is 22.9. The molecular formula is C33H45NO. The molecule has 188 valence electrons. The maximum atomic E-state index is 6.09. The maximum Gasteiger partial charge on any atom is 0.129 e. The molecule has 1 atom stereocenters. The van der Waals surface area contributed by atoms with Crippen LogP contribution in [0.3, 0.4) is 0 Å². The number of hydrogen-bond acceptors (Lipinski definition) is 2. The number of allylic oxidation sites excluding steroid dienone is 9. The van der Waals surface area contributed by atoms with Crippen molar-refractivity contribution >= 4 is 0 Å². The van der Waals surface area contributed by atoms with Crippen LogP contribution in [0.4, 0.5) is 0 Å². The van der Waals surface area contributed by atoms with Crippen molar-refractivity contribution < 1.29 is 4.74 Å². The highest BCUT2D eigenvalue weighted by molar-refractivity contribution is 5.38. The number of rotatable bonds is 10. The summed E-state index contributed by atoms with van der Waals surface area (Å²) in [7, 11) is 0. The number of benzene rings is 1. The molecule has 3 rings (SSSR count). The molecule has 1 aromatic carbocycles. The van der Waals surface area contributed by atoms with Gasteiger partial charge in [-0.1, -0.05) is 67.8 Å². The van der Waals surface area contributed by atoms with E-state index in [1.165, 1.54) is 35.1 Å². The lowest BCUT2D eigenvalue weighted by Crippen LogP contribution is -2.35. The van der Waals surface area contributed by atoms with Gasteiger partial charge in [0.15, 0.2) is 0 Å². The summed E-state index contributed by atoms with van der Waals surface area (Å²) >= 11 is 0. The van der Waals surface area contributed by atoms with Crippen LogP contribution in [0.15, 0.2) is 89.6 Å². The Hall–Kier alpha value is -2.76. The lowest BCUT2D eigenvalue weighted by Gasteiger charge is -2.33. The van der Waals surface area contributed by atoms with Gasteiger partial charge in [0.1, 0.15) is 5.75 Å². The molecule has 0 aromatic heterocycles. The van der Waals surface area contributed by atoms with E-state index in [0.29, 0.717) is 11.8 Å². The molecule has 35 heavy (non-hydrogen) atoms. The summed E-state index contributed by atoms with van der Waals surface area (Å²) in [5.41, 5.74) is 11.3. The zero-order valence-electron chi connectivity index (χ0n) is 22.9. The molecular weight excluding hydrogens is 426 g/mol. The number of likely N-dealkylation sites (tertiary alicyclic amines) is 1. The molecule has 0 bridgehead atoms. The Bertz CT molecular complexity index is 1020. The molecule has 0 saturated carbocycles. The molecule has 1 aliphatic carbocycles. The number of hydrogen-bond donors (Lipinski definition) is 0. The van der Waals surface area contributed by atoms with Crippen LogP contribution in [0.25, 0.3) is 0 Å². The lowest BCUT2D eigenvalue weighted by atomic mass is 9.85. The van der Waals surface area contributed by atoms with Gasteiger partial charge in [-0.3, -0.25) is 0 Å². The fourth-order valence-electron chi connectivity index (χ4n) is 4.87. The summed E-state index contributed by atoms with van der Waals surface area (Å²) in [6.07, 6.45) is 17.4. The first kappa shape index (κ1) is 28.5. The summed E-state index contributed by atoms with van der Waals surface area (Å²) in [6, 6.07) is 6.32. The van der Waals surface area contributed by atoms with E-state index in [4.69, 9.17) is 4.74 Å². The summed E-state index contributed by atoms with van der Waals surface area (Å²) in [5.74, 6) is 2.89. The number of ether oxygens (including phenoxy) is 1. The topological polar surface area (TPSA) is 12.5 Å². The van der Waals surface area contributed by atoms with Crippen LogP contribution in [-0.2, 0) is 0 Å². The highest BCUT2D eigenvalue weighted by Crippen LogP contribution is 2.30. The van der Waals surface area contributed by atoms with E-state index in [-0.39, 0.29) is 0 Å². The molecule has 0 radical (unpaired) electrons. The van der Waals surface area contributed by atoms with Crippen LogP contribution in [0.1, 0.15) is 64.5 Å². The molecule has 0 N–H and O–H groups in total. The first-order valence-corrected chi connectivity index (χ1v) is 13.3. The average molecular weight is 472 g/mol. The molecule has 2 heteroatoms. The Morgan fingerprint density at radius 1 is 1.17 bits per heavy atom. The molecule has 1 heterocycles. The molecule has 1 saturated heterocycles. The van der Waals surface area contributed by atoms with Crippen LogP contribution < -0.4 is 4.74 Å². The maximum absolute atomic E-state index is 6.09. The third-order valence-electron chi connectivity index (χ3n) is 6.72. The Morgan fingerprint density at radius 2 is 1.91 bits per heavy atom. The SMILES string of the molecule is C=C(CC1CCN(CCC(C2=CC=C=C=C2)C(/C=C\C)=C/C)CC1)Oc1ccc(C)cc1C.CC. The van der Waals surface area contributed by atoms with Gasteiger partial charge in [-0.05, 0) is 114 Å². The second kappa shape index (κ2) is 15.3. The van der Waals surface area contributed by atoms with Crippen LogP contribution in [0.5, 0.6) is 5.75 Å². The van der Waals surface area contributed by atoms with Gasteiger partial charge < -0.3 is 9.64 Å². The summed E-state index contributed by atoms with van der Waals surface area (Å²) in [6.45, 7) is 20.1. The van der Waals surface area contributed by atoms with E-state index in [9.17, 15) is 0 Å². The largest absolute Gasteiger partial charge is 0.462 e. The van der Waals surface area contributed by atoms with Crippen molar-refractivity contribution in [3.05, 3.63) is 101 Å². The van der Waals surface area contributed by atoms with Gasteiger partial charge in [0.2, 0.25) is 0 Å². The fraction of sp³-hybridized carbons (Fsp3) is 0.455. The third kappa shape index (κ3) is 9.08. The minimum absolute atomic E-state index is 0.403. The first-order valence-electron chi connectivity index (χ1n) is 13.3. The van der Waals surface area contributed by atoms with Gasteiger partial charge in [0.05, 0.1) is 5.76 Å². The minimum atomic E-state index is 0.403. The molecule has 0 spiro atoms. The van der Waals surface area contributed by atoms with Gasteiger partial charge in [-0.2, -0.15) is 0 Å². The standard InChI is InChI=1S/C31H39NO.C2H6/c1-6-11-28(7-2)30(29-12-9-8-10-13-29)18-21-32-19-16-27(17-20-32)23-26(5)33-31-15-14-24(3)22-25(31)4;1-2/h6-7,9,11-15,22,27,30H,5,16-21,23H2,1-4H3;1-2H3/b11-6-,28-7+;.